The second kappa shape index (κ2) is 8.34. The average molecular weight is 416 g/mol. The number of aromatic nitrogens is 3. The summed E-state index contributed by atoms with van der Waals surface area (Å²) in [6, 6.07) is 12.8. The number of nitrogens with one attached hydrogen (secondary N) is 1. The van der Waals surface area contributed by atoms with Gasteiger partial charge in [-0.15, -0.1) is 10.2 Å². The fourth-order valence-corrected chi connectivity index (χ4v) is 5.66. The standard InChI is InChI=1S/C19H21N5O2S2/c25-28(26,24-12-6-1-7-13-24)17-10-3-2-8-15(17)14-21-19-23-22-18(27-19)16-9-4-5-11-20-16/h2-5,8-11H,1,6-7,12-14H2,(H,21,23). The highest BCUT2D eigenvalue weighted by atomic mass is 32.2. The highest BCUT2D eigenvalue weighted by Crippen LogP contribution is 2.27. The monoisotopic (exact) mass is 415 g/mol. The van der Waals surface area contributed by atoms with Crippen LogP contribution in [0, 0.1) is 0 Å². The molecule has 28 heavy (non-hydrogen) atoms. The Morgan fingerprint density at radius 1 is 1.00 bits per heavy atom. The Hall–Kier alpha value is -2.36. The van der Waals surface area contributed by atoms with E-state index in [1.54, 1.807) is 22.6 Å². The van der Waals surface area contributed by atoms with Gasteiger partial charge in [0.2, 0.25) is 15.2 Å². The third-order valence-electron chi connectivity index (χ3n) is 4.64. The van der Waals surface area contributed by atoms with Crippen LogP contribution in [0.15, 0.2) is 53.6 Å². The van der Waals surface area contributed by atoms with Gasteiger partial charge in [0.15, 0.2) is 5.01 Å². The van der Waals surface area contributed by atoms with E-state index < -0.39 is 10.0 Å². The molecule has 0 aliphatic carbocycles. The second-order valence-corrected chi connectivity index (χ2v) is 9.44. The van der Waals surface area contributed by atoms with E-state index in [1.807, 2.05) is 30.3 Å². The minimum atomic E-state index is -3.48. The number of nitrogens with zero attached hydrogens (tertiary/aromatic N) is 4. The number of sulfonamides is 1. The first kappa shape index (κ1) is 19.0. The summed E-state index contributed by atoms with van der Waals surface area (Å²) in [6.45, 7) is 1.54. The van der Waals surface area contributed by atoms with Gasteiger partial charge in [0.25, 0.3) is 0 Å². The van der Waals surface area contributed by atoms with E-state index in [0.29, 0.717) is 29.7 Å². The third kappa shape index (κ3) is 4.06. The van der Waals surface area contributed by atoms with E-state index in [0.717, 1.165) is 35.5 Å². The molecule has 0 radical (unpaired) electrons. The van der Waals surface area contributed by atoms with Gasteiger partial charge in [0.1, 0.15) is 5.69 Å². The summed E-state index contributed by atoms with van der Waals surface area (Å²) < 4.78 is 27.7. The SMILES string of the molecule is O=S(=O)(c1ccccc1CNc1nnc(-c2ccccn2)s1)N1CCCCC1. The molecule has 4 rings (SSSR count). The van der Waals surface area contributed by atoms with Gasteiger partial charge in [0.05, 0.1) is 4.90 Å². The van der Waals surface area contributed by atoms with Gasteiger partial charge in [-0.3, -0.25) is 4.98 Å². The zero-order valence-electron chi connectivity index (χ0n) is 15.3. The summed E-state index contributed by atoms with van der Waals surface area (Å²) in [5.41, 5.74) is 1.49. The van der Waals surface area contributed by atoms with Crippen molar-refractivity contribution in [1.82, 2.24) is 19.5 Å². The first-order chi connectivity index (χ1) is 13.6. The van der Waals surface area contributed by atoms with Crippen LogP contribution >= 0.6 is 11.3 Å². The fraction of sp³-hybridized carbons (Fsp3) is 0.316. The molecule has 0 spiro atoms. The molecule has 3 heterocycles. The topological polar surface area (TPSA) is 88.1 Å². The molecule has 9 heteroatoms. The lowest BCUT2D eigenvalue weighted by Crippen LogP contribution is -2.36. The smallest absolute Gasteiger partial charge is 0.243 e. The summed E-state index contributed by atoms with van der Waals surface area (Å²) in [5.74, 6) is 0. The van der Waals surface area contributed by atoms with Crippen molar-refractivity contribution in [2.45, 2.75) is 30.7 Å². The molecule has 0 bridgehead atoms. The zero-order chi connectivity index (χ0) is 19.4. The van der Waals surface area contributed by atoms with Gasteiger partial charge >= 0.3 is 0 Å². The molecule has 0 atom stereocenters. The van der Waals surface area contributed by atoms with Gasteiger partial charge in [-0.1, -0.05) is 42.0 Å². The number of hydrogen-bond acceptors (Lipinski definition) is 7. The van der Waals surface area contributed by atoms with E-state index in [9.17, 15) is 8.42 Å². The van der Waals surface area contributed by atoms with Crippen LogP contribution in [0.4, 0.5) is 5.13 Å². The molecule has 0 amide bonds. The minimum Gasteiger partial charge on any atom is -0.356 e. The molecule has 1 aliphatic heterocycles. The van der Waals surface area contributed by atoms with Crippen molar-refractivity contribution in [1.29, 1.82) is 0 Å². The Balaban J connectivity index is 1.51. The first-order valence-corrected chi connectivity index (χ1v) is 11.5. The molecule has 1 saturated heterocycles. The van der Waals surface area contributed by atoms with Gasteiger partial charge in [-0.05, 0) is 36.6 Å². The Morgan fingerprint density at radius 2 is 1.79 bits per heavy atom. The van der Waals surface area contributed by atoms with Crippen molar-refractivity contribution >= 4 is 26.5 Å². The number of anilines is 1. The Labute approximate surface area is 168 Å². The Morgan fingerprint density at radius 3 is 2.57 bits per heavy atom. The Bertz CT molecular complexity index is 1030. The zero-order valence-corrected chi connectivity index (χ0v) is 16.9. The lowest BCUT2D eigenvalue weighted by Gasteiger charge is -2.26. The number of benzene rings is 1. The molecule has 1 fully saturated rings. The lowest BCUT2D eigenvalue weighted by molar-refractivity contribution is 0.346. The number of pyridine rings is 1. The molecule has 0 unspecified atom stereocenters. The van der Waals surface area contributed by atoms with E-state index in [4.69, 9.17) is 0 Å². The van der Waals surface area contributed by atoms with Crippen LogP contribution in [0.2, 0.25) is 0 Å². The molecule has 7 nitrogen and oxygen atoms in total. The molecule has 146 valence electrons. The van der Waals surface area contributed by atoms with Gasteiger partial charge in [-0.25, -0.2) is 8.42 Å². The summed E-state index contributed by atoms with van der Waals surface area (Å²) in [7, 11) is -3.48. The molecule has 1 N–H and O–H groups in total. The van der Waals surface area contributed by atoms with Crippen LogP contribution in [-0.2, 0) is 16.6 Å². The fourth-order valence-electron chi connectivity index (χ4n) is 3.20. The van der Waals surface area contributed by atoms with Crippen molar-refractivity contribution < 1.29 is 8.42 Å². The predicted molar refractivity (Wildman–Crippen MR) is 110 cm³/mol. The average Bonchev–Trinajstić information content (AvgIpc) is 3.23. The molecular weight excluding hydrogens is 394 g/mol. The van der Waals surface area contributed by atoms with Crippen LogP contribution in [0.5, 0.6) is 0 Å². The summed E-state index contributed by atoms with van der Waals surface area (Å²) in [4.78, 5) is 4.63. The van der Waals surface area contributed by atoms with Crippen molar-refractivity contribution in [2.24, 2.45) is 0 Å². The molecule has 1 aliphatic rings. The highest BCUT2D eigenvalue weighted by molar-refractivity contribution is 7.89. The summed E-state index contributed by atoms with van der Waals surface area (Å²) in [5, 5.41) is 12.9. The van der Waals surface area contributed by atoms with Crippen LogP contribution in [0.25, 0.3) is 10.7 Å². The molecule has 0 saturated carbocycles. The van der Waals surface area contributed by atoms with Gasteiger partial charge < -0.3 is 5.32 Å². The first-order valence-electron chi connectivity index (χ1n) is 9.21. The Kier molecular flexibility index (Phi) is 5.65. The van der Waals surface area contributed by atoms with Gasteiger partial charge in [0, 0.05) is 25.8 Å². The number of hydrogen-bond donors (Lipinski definition) is 1. The normalized spacial score (nSPS) is 15.4. The summed E-state index contributed by atoms with van der Waals surface area (Å²) in [6.07, 6.45) is 4.64. The predicted octanol–water partition coefficient (Wildman–Crippen LogP) is 3.39. The van der Waals surface area contributed by atoms with Crippen LogP contribution in [0.1, 0.15) is 24.8 Å². The molecule has 1 aromatic carbocycles. The number of piperidine rings is 1. The van der Waals surface area contributed by atoms with Crippen LogP contribution < -0.4 is 5.32 Å². The van der Waals surface area contributed by atoms with E-state index in [2.05, 4.69) is 20.5 Å². The third-order valence-corrected chi connectivity index (χ3v) is 7.55. The largest absolute Gasteiger partial charge is 0.356 e. The quantitative estimate of drug-likeness (QED) is 0.664. The van der Waals surface area contributed by atoms with E-state index in [1.165, 1.54) is 11.3 Å². The van der Waals surface area contributed by atoms with Crippen molar-refractivity contribution in [3.05, 3.63) is 54.2 Å². The molecule has 3 aromatic rings. The molecular formula is C19H21N5O2S2. The number of rotatable bonds is 6. The maximum Gasteiger partial charge on any atom is 0.243 e. The minimum absolute atomic E-state index is 0.360. The maximum atomic E-state index is 13.1. The van der Waals surface area contributed by atoms with Crippen LogP contribution in [-0.4, -0.2) is 41.0 Å². The van der Waals surface area contributed by atoms with E-state index >= 15 is 0 Å². The second-order valence-electron chi connectivity index (χ2n) is 6.55. The van der Waals surface area contributed by atoms with Crippen molar-refractivity contribution in [2.75, 3.05) is 18.4 Å². The maximum absolute atomic E-state index is 13.1. The highest BCUT2D eigenvalue weighted by Gasteiger charge is 2.27. The van der Waals surface area contributed by atoms with Gasteiger partial charge in [-0.2, -0.15) is 4.31 Å². The summed E-state index contributed by atoms with van der Waals surface area (Å²) >= 11 is 1.39. The van der Waals surface area contributed by atoms with Crippen molar-refractivity contribution in [3.63, 3.8) is 0 Å². The van der Waals surface area contributed by atoms with E-state index in [-0.39, 0.29) is 0 Å². The lowest BCUT2D eigenvalue weighted by atomic mass is 10.2. The van der Waals surface area contributed by atoms with Crippen molar-refractivity contribution in [3.8, 4) is 10.7 Å². The van der Waals surface area contributed by atoms with Crippen LogP contribution in [0.3, 0.4) is 0 Å². The molecule has 2 aromatic heterocycles.